The predicted molar refractivity (Wildman–Crippen MR) is 130 cm³/mol. The van der Waals surface area contributed by atoms with Gasteiger partial charge in [-0.05, 0) is 18.2 Å². The van der Waals surface area contributed by atoms with Crippen molar-refractivity contribution in [1.29, 1.82) is 0 Å². The first kappa shape index (κ1) is 22.8. The van der Waals surface area contributed by atoms with Crippen molar-refractivity contribution in [3.8, 4) is 11.3 Å². The minimum Gasteiger partial charge on any atom is -0.374 e. The Kier molecular flexibility index (Phi) is 6.55. The van der Waals surface area contributed by atoms with Crippen LogP contribution in [-0.2, 0) is 14.8 Å². The van der Waals surface area contributed by atoms with Crippen LogP contribution in [0.2, 0.25) is 0 Å². The molecule has 1 atom stereocenters. The molecule has 5 rings (SSSR count). The SMILES string of the molecule is CS(=O)(=O)N1CCN(c2ccc(-c3cc4nccnc4c(NCC4CNCCO4)n3)cn2)CC1. The number of morpholine rings is 1. The van der Waals surface area contributed by atoms with Crippen molar-refractivity contribution in [2.75, 3.05) is 68.9 Å². The lowest BCUT2D eigenvalue weighted by atomic mass is 10.1. The topological polar surface area (TPSA) is 125 Å². The molecule has 3 aromatic heterocycles. The minimum atomic E-state index is -3.16. The van der Waals surface area contributed by atoms with Gasteiger partial charge in [0.2, 0.25) is 10.0 Å². The summed E-state index contributed by atoms with van der Waals surface area (Å²) in [5.74, 6) is 1.48. The van der Waals surface area contributed by atoms with E-state index in [1.165, 1.54) is 10.6 Å². The zero-order valence-electron chi connectivity index (χ0n) is 19.0. The Morgan fingerprint density at radius 1 is 1.15 bits per heavy atom. The van der Waals surface area contributed by atoms with Crippen molar-refractivity contribution in [3.05, 3.63) is 36.8 Å². The number of sulfonamides is 1. The molecule has 0 spiro atoms. The second-order valence-electron chi connectivity index (χ2n) is 8.41. The number of rotatable bonds is 6. The summed E-state index contributed by atoms with van der Waals surface area (Å²) in [4.78, 5) is 20.5. The van der Waals surface area contributed by atoms with Gasteiger partial charge in [-0.2, -0.15) is 4.31 Å². The number of nitrogens with one attached hydrogen (secondary N) is 2. The summed E-state index contributed by atoms with van der Waals surface area (Å²) >= 11 is 0. The van der Waals surface area contributed by atoms with Crippen LogP contribution >= 0.6 is 0 Å². The Hall–Kier alpha value is -2.93. The molecule has 0 radical (unpaired) electrons. The van der Waals surface area contributed by atoms with Gasteiger partial charge in [-0.3, -0.25) is 4.98 Å². The Morgan fingerprint density at radius 2 is 1.97 bits per heavy atom. The summed E-state index contributed by atoms with van der Waals surface area (Å²) in [6, 6.07) is 5.84. The van der Waals surface area contributed by atoms with E-state index in [9.17, 15) is 8.42 Å². The number of pyridine rings is 2. The molecule has 0 amide bonds. The summed E-state index contributed by atoms with van der Waals surface area (Å²) in [7, 11) is -3.16. The summed E-state index contributed by atoms with van der Waals surface area (Å²) < 4.78 is 30.8. The maximum Gasteiger partial charge on any atom is 0.211 e. The fourth-order valence-electron chi connectivity index (χ4n) is 4.18. The van der Waals surface area contributed by atoms with Gasteiger partial charge in [0.25, 0.3) is 0 Å². The number of aromatic nitrogens is 4. The van der Waals surface area contributed by atoms with Crippen LogP contribution in [0.15, 0.2) is 36.8 Å². The van der Waals surface area contributed by atoms with E-state index in [0.29, 0.717) is 50.7 Å². The van der Waals surface area contributed by atoms with Gasteiger partial charge in [-0.15, -0.1) is 0 Å². The van der Waals surface area contributed by atoms with Crippen molar-refractivity contribution >= 4 is 32.7 Å². The molecule has 2 aliphatic heterocycles. The fraction of sp³-hybridized carbons (Fsp3) is 0.455. The molecule has 0 aliphatic carbocycles. The van der Waals surface area contributed by atoms with Gasteiger partial charge < -0.3 is 20.3 Å². The van der Waals surface area contributed by atoms with Crippen molar-refractivity contribution in [2.24, 2.45) is 0 Å². The summed E-state index contributed by atoms with van der Waals surface area (Å²) in [5.41, 5.74) is 3.07. The predicted octanol–water partition coefficient (Wildman–Crippen LogP) is 0.569. The zero-order chi connectivity index (χ0) is 23.5. The molecule has 2 fully saturated rings. The highest BCUT2D eigenvalue weighted by atomic mass is 32.2. The third kappa shape index (κ3) is 5.09. The lowest BCUT2D eigenvalue weighted by Gasteiger charge is -2.34. The average Bonchev–Trinajstić information content (AvgIpc) is 2.87. The van der Waals surface area contributed by atoms with Gasteiger partial charge in [0, 0.05) is 70.0 Å². The molecule has 12 heteroatoms. The van der Waals surface area contributed by atoms with E-state index in [-0.39, 0.29) is 6.10 Å². The number of fused-ring (bicyclic) bond motifs is 1. The number of piperazine rings is 1. The highest BCUT2D eigenvalue weighted by molar-refractivity contribution is 7.88. The fourth-order valence-corrected chi connectivity index (χ4v) is 5.00. The monoisotopic (exact) mass is 484 g/mol. The van der Waals surface area contributed by atoms with Crippen LogP contribution in [0.5, 0.6) is 0 Å². The lowest BCUT2D eigenvalue weighted by Crippen LogP contribution is -2.48. The van der Waals surface area contributed by atoms with Crippen LogP contribution in [0.1, 0.15) is 0 Å². The van der Waals surface area contributed by atoms with Crippen LogP contribution in [0.25, 0.3) is 22.3 Å². The Balaban J connectivity index is 1.34. The molecule has 34 heavy (non-hydrogen) atoms. The molecule has 180 valence electrons. The quantitative estimate of drug-likeness (QED) is 0.513. The molecule has 11 nitrogen and oxygen atoms in total. The van der Waals surface area contributed by atoms with Crippen LogP contribution < -0.4 is 15.5 Å². The van der Waals surface area contributed by atoms with E-state index in [1.807, 2.05) is 18.2 Å². The van der Waals surface area contributed by atoms with Crippen molar-refractivity contribution in [2.45, 2.75) is 6.10 Å². The molecule has 3 aromatic rings. The first-order chi connectivity index (χ1) is 16.5. The normalized spacial score (nSPS) is 19.9. The van der Waals surface area contributed by atoms with Crippen LogP contribution in [0, 0.1) is 0 Å². The summed E-state index contributed by atoms with van der Waals surface area (Å²) in [5, 5.41) is 6.72. The lowest BCUT2D eigenvalue weighted by molar-refractivity contribution is 0.0372. The maximum atomic E-state index is 11.7. The molecular weight excluding hydrogens is 456 g/mol. The van der Waals surface area contributed by atoms with Crippen LogP contribution in [0.4, 0.5) is 11.6 Å². The van der Waals surface area contributed by atoms with Gasteiger partial charge in [0.05, 0.1) is 30.2 Å². The Morgan fingerprint density at radius 3 is 2.68 bits per heavy atom. The van der Waals surface area contributed by atoms with Gasteiger partial charge in [-0.25, -0.2) is 23.4 Å². The van der Waals surface area contributed by atoms with E-state index >= 15 is 0 Å². The molecule has 2 aliphatic rings. The molecular formula is C22H28N8O3S. The van der Waals surface area contributed by atoms with Gasteiger partial charge in [0.15, 0.2) is 5.82 Å². The van der Waals surface area contributed by atoms with Crippen molar-refractivity contribution in [1.82, 2.24) is 29.6 Å². The van der Waals surface area contributed by atoms with Crippen LogP contribution in [0.3, 0.4) is 0 Å². The Labute approximate surface area is 198 Å². The van der Waals surface area contributed by atoms with Gasteiger partial charge in [0.1, 0.15) is 11.3 Å². The van der Waals surface area contributed by atoms with Gasteiger partial charge >= 0.3 is 0 Å². The van der Waals surface area contributed by atoms with Crippen LogP contribution in [-0.4, -0.2) is 97.4 Å². The molecule has 1 unspecified atom stereocenters. The second-order valence-corrected chi connectivity index (χ2v) is 10.4. The van der Waals surface area contributed by atoms with Crippen molar-refractivity contribution in [3.63, 3.8) is 0 Å². The summed E-state index contributed by atoms with van der Waals surface area (Å²) in [6.45, 7) is 5.11. The third-order valence-corrected chi connectivity index (χ3v) is 7.34. The number of ether oxygens (including phenoxy) is 1. The standard InChI is InChI=1S/C22H28N8O3S/c1-34(31,32)30-9-7-29(8-10-30)20-3-2-16(13-26-20)18-12-19-21(25-5-4-24-19)22(28-18)27-15-17-14-23-6-11-33-17/h2-5,12-13,17,23H,6-11,14-15H2,1H3,(H,27,28). The molecule has 2 N–H and O–H groups in total. The smallest absolute Gasteiger partial charge is 0.211 e. The average molecular weight is 485 g/mol. The first-order valence-corrected chi connectivity index (χ1v) is 13.2. The van der Waals surface area contributed by atoms with E-state index < -0.39 is 10.0 Å². The molecule has 2 saturated heterocycles. The second kappa shape index (κ2) is 9.74. The van der Waals surface area contributed by atoms with E-state index in [4.69, 9.17) is 9.72 Å². The number of hydrogen-bond donors (Lipinski definition) is 2. The molecule has 5 heterocycles. The largest absolute Gasteiger partial charge is 0.374 e. The van der Waals surface area contributed by atoms with E-state index in [2.05, 4.69) is 30.5 Å². The summed E-state index contributed by atoms with van der Waals surface area (Å²) in [6.07, 6.45) is 6.43. The molecule has 0 bridgehead atoms. The first-order valence-electron chi connectivity index (χ1n) is 11.3. The zero-order valence-corrected chi connectivity index (χ0v) is 19.8. The van der Waals surface area contributed by atoms with E-state index in [0.717, 1.165) is 35.7 Å². The number of anilines is 2. The maximum absolute atomic E-state index is 11.7. The molecule has 0 saturated carbocycles. The minimum absolute atomic E-state index is 0.0649. The Bertz CT molecular complexity index is 1240. The number of hydrogen-bond acceptors (Lipinski definition) is 10. The van der Waals surface area contributed by atoms with Gasteiger partial charge in [-0.1, -0.05) is 0 Å². The van der Waals surface area contributed by atoms with E-state index in [1.54, 1.807) is 18.6 Å². The number of nitrogens with zero attached hydrogens (tertiary/aromatic N) is 6. The third-order valence-electron chi connectivity index (χ3n) is 6.03. The molecule has 0 aromatic carbocycles. The highest BCUT2D eigenvalue weighted by Crippen LogP contribution is 2.26. The highest BCUT2D eigenvalue weighted by Gasteiger charge is 2.24. The van der Waals surface area contributed by atoms with Crippen molar-refractivity contribution < 1.29 is 13.2 Å².